The van der Waals surface area contributed by atoms with Gasteiger partial charge in [0.05, 0.1) is 11.2 Å². The predicted octanol–water partition coefficient (Wildman–Crippen LogP) is 4.21. The van der Waals surface area contributed by atoms with E-state index in [1.54, 1.807) is 0 Å². The fourth-order valence-electron chi connectivity index (χ4n) is 3.85. The van der Waals surface area contributed by atoms with E-state index in [4.69, 9.17) is 0 Å². The van der Waals surface area contributed by atoms with E-state index >= 15 is 0 Å². The molecule has 0 spiro atoms. The van der Waals surface area contributed by atoms with Gasteiger partial charge < -0.3 is 9.80 Å². The predicted molar refractivity (Wildman–Crippen MR) is 123 cm³/mol. The largest absolute Gasteiger partial charge is 0.339 e. The zero-order chi connectivity index (χ0) is 21.6. The fraction of sp³-hybridized carbons (Fsp3) is 0.320. The first kappa shape index (κ1) is 20.8. The Morgan fingerprint density at radius 3 is 2.42 bits per heavy atom. The zero-order valence-corrected chi connectivity index (χ0v) is 17.9. The number of benzene rings is 2. The topological polar surface area (TPSA) is 69.3 Å². The quantitative estimate of drug-likeness (QED) is 0.654. The SMILES string of the molecule is CCCCC(=O)N1CCN(C(=O)c2ccc(C=Cc3n[nH]c4ccccc34)cc2)CC1. The van der Waals surface area contributed by atoms with Gasteiger partial charge in [0, 0.05) is 43.5 Å². The number of nitrogens with one attached hydrogen (secondary N) is 1. The van der Waals surface area contributed by atoms with Gasteiger partial charge in [-0.05, 0) is 36.3 Å². The van der Waals surface area contributed by atoms with Crippen molar-refractivity contribution in [1.82, 2.24) is 20.0 Å². The van der Waals surface area contributed by atoms with Crippen molar-refractivity contribution in [3.8, 4) is 0 Å². The molecule has 0 atom stereocenters. The van der Waals surface area contributed by atoms with Crippen LogP contribution in [-0.2, 0) is 4.79 Å². The number of fused-ring (bicyclic) bond motifs is 1. The third kappa shape index (κ3) is 4.85. The molecule has 1 saturated heterocycles. The second-order valence-electron chi connectivity index (χ2n) is 7.89. The van der Waals surface area contributed by atoms with Crippen LogP contribution in [0.15, 0.2) is 48.5 Å². The molecule has 2 amide bonds. The summed E-state index contributed by atoms with van der Waals surface area (Å²) in [6.45, 7) is 4.50. The minimum atomic E-state index is 0.0227. The Morgan fingerprint density at radius 1 is 0.968 bits per heavy atom. The molecule has 0 bridgehead atoms. The third-order valence-electron chi connectivity index (χ3n) is 5.75. The number of unbranched alkanes of at least 4 members (excludes halogenated alkanes) is 1. The van der Waals surface area contributed by atoms with E-state index in [0.29, 0.717) is 38.2 Å². The van der Waals surface area contributed by atoms with E-state index in [2.05, 4.69) is 17.1 Å². The first-order chi connectivity index (χ1) is 15.2. The molecule has 1 aromatic heterocycles. The van der Waals surface area contributed by atoms with Crippen LogP contribution < -0.4 is 0 Å². The normalized spacial score (nSPS) is 14.5. The number of hydrogen-bond donors (Lipinski definition) is 1. The van der Waals surface area contributed by atoms with E-state index in [0.717, 1.165) is 35.0 Å². The number of aromatic nitrogens is 2. The molecular weight excluding hydrogens is 388 g/mol. The van der Waals surface area contributed by atoms with Gasteiger partial charge in [-0.1, -0.05) is 49.8 Å². The zero-order valence-electron chi connectivity index (χ0n) is 17.9. The van der Waals surface area contributed by atoms with E-state index in [1.165, 1.54) is 0 Å². The van der Waals surface area contributed by atoms with Crippen LogP contribution in [0.5, 0.6) is 0 Å². The molecule has 6 heteroatoms. The second-order valence-corrected chi connectivity index (χ2v) is 7.89. The lowest BCUT2D eigenvalue weighted by atomic mass is 10.1. The Morgan fingerprint density at radius 2 is 1.68 bits per heavy atom. The molecular formula is C25H28N4O2. The summed E-state index contributed by atoms with van der Waals surface area (Å²) in [5.74, 6) is 0.226. The maximum atomic E-state index is 12.8. The maximum absolute atomic E-state index is 12.8. The van der Waals surface area contributed by atoms with Crippen LogP contribution in [0.3, 0.4) is 0 Å². The Hall–Kier alpha value is -3.41. The minimum absolute atomic E-state index is 0.0227. The van der Waals surface area contributed by atoms with Gasteiger partial charge in [0.15, 0.2) is 0 Å². The molecule has 1 aliphatic heterocycles. The highest BCUT2D eigenvalue weighted by atomic mass is 16.2. The highest BCUT2D eigenvalue weighted by Gasteiger charge is 2.24. The Labute approximate surface area is 182 Å². The van der Waals surface area contributed by atoms with Crippen LogP contribution in [0, 0.1) is 0 Å². The van der Waals surface area contributed by atoms with Crippen LogP contribution in [0.2, 0.25) is 0 Å². The monoisotopic (exact) mass is 416 g/mol. The van der Waals surface area contributed by atoms with Crippen LogP contribution in [0.25, 0.3) is 23.1 Å². The van der Waals surface area contributed by atoms with Crippen molar-refractivity contribution in [2.24, 2.45) is 0 Å². The fourth-order valence-corrected chi connectivity index (χ4v) is 3.85. The molecule has 1 N–H and O–H groups in total. The van der Waals surface area contributed by atoms with Gasteiger partial charge in [0.2, 0.25) is 5.91 Å². The summed E-state index contributed by atoms with van der Waals surface area (Å²) in [4.78, 5) is 28.7. The lowest BCUT2D eigenvalue weighted by Crippen LogP contribution is -2.50. The third-order valence-corrected chi connectivity index (χ3v) is 5.75. The van der Waals surface area contributed by atoms with Crippen molar-refractivity contribution in [2.45, 2.75) is 26.2 Å². The molecule has 0 unspecified atom stereocenters. The summed E-state index contributed by atoms with van der Waals surface area (Å²) < 4.78 is 0. The molecule has 4 rings (SSSR count). The van der Waals surface area contributed by atoms with Crippen LogP contribution in [-0.4, -0.2) is 58.0 Å². The van der Waals surface area contributed by atoms with Crippen LogP contribution in [0.4, 0.5) is 0 Å². The number of carbonyl (C=O) groups excluding carboxylic acids is 2. The smallest absolute Gasteiger partial charge is 0.253 e. The van der Waals surface area contributed by atoms with Crippen LogP contribution >= 0.6 is 0 Å². The van der Waals surface area contributed by atoms with E-state index < -0.39 is 0 Å². The molecule has 6 nitrogen and oxygen atoms in total. The molecule has 0 aliphatic carbocycles. The molecule has 1 fully saturated rings. The highest BCUT2D eigenvalue weighted by molar-refractivity contribution is 5.95. The second kappa shape index (κ2) is 9.60. The van der Waals surface area contributed by atoms with Crippen molar-refractivity contribution >= 4 is 34.9 Å². The maximum Gasteiger partial charge on any atom is 0.253 e. The van der Waals surface area contributed by atoms with E-state index in [9.17, 15) is 9.59 Å². The molecule has 31 heavy (non-hydrogen) atoms. The number of piperazine rings is 1. The molecule has 2 aromatic carbocycles. The van der Waals surface area contributed by atoms with Gasteiger partial charge in [-0.2, -0.15) is 5.10 Å². The molecule has 0 radical (unpaired) electrons. The van der Waals surface area contributed by atoms with Crippen LogP contribution in [0.1, 0.15) is 47.8 Å². The number of H-pyrrole nitrogens is 1. The van der Waals surface area contributed by atoms with E-state index in [-0.39, 0.29) is 11.8 Å². The molecule has 2 heterocycles. The van der Waals surface area contributed by atoms with Gasteiger partial charge in [-0.15, -0.1) is 0 Å². The van der Waals surface area contributed by atoms with Gasteiger partial charge >= 0.3 is 0 Å². The summed E-state index contributed by atoms with van der Waals surface area (Å²) in [5, 5.41) is 8.46. The number of hydrogen-bond acceptors (Lipinski definition) is 3. The first-order valence-corrected chi connectivity index (χ1v) is 10.9. The number of nitrogens with zero attached hydrogens (tertiary/aromatic N) is 3. The van der Waals surface area contributed by atoms with Gasteiger partial charge in [-0.3, -0.25) is 14.7 Å². The van der Waals surface area contributed by atoms with Crippen molar-refractivity contribution in [3.63, 3.8) is 0 Å². The number of rotatable bonds is 6. The molecule has 3 aromatic rings. The number of aromatic amines is 1. The minimum Gasteiger partial charge on any atom is -0.339 e. The van der Waals surface area contributed by atoms with Crippen molar-refractivity contribution < 1.29 is 9.59 Å². The van der Waals surface area contributed by atoms with Gasteiger partial charge in [-0.25, -0.2) is 0 Å². The Kier molecular flexibility index (Phi) is 6.46. The summed E-state index contributed by atoms with van der Waals surface area (Å²) in [6.07, 6.45) is 6.53. The number of carbonyl (C=O) groups is 2. The average molecular weight is 417 g/mol. The molecule has 0 saturated carbocycles. The first-order valence-electron chi connectivity index (χ1n) is 10.9. The lowest BCUT2D eigenvalue weighted by Gasteiger charge is -2.35. The summed E-state index contributed by atoms with van der Waals surface area (Å²) >= 11 is 0. The number of amides is 2. The molecule has 160 valence electrons. The highest BCUT2D eigenvalue weighted by Crippen LogP contribution is 2.18. The number of para-hydroxylation sites is 1. The van der Waals surface area contributed by atoms with E-state index in [1.807, 2.05) is 70.5 Å². The van der Waals surface area contributed by atoms with Gasteiger partial charge in [0.25, 0.3) is 5.91 Å². The summed E-state index contributed by atoms with van der Waals surface area (Å²) in [7, 11) is 0. The lowest BCUT2D eigenvalue weighted by molar-refractivity contribution is -0.132. The van der Waals surface area contributed by atoms with Crippen molar-refractivity contribution in [1.29, 1.82) is 0 Å². The molecule has 1 aliphatic rings. The Bertz CT molecular complexity index is 1080. The average Bonchev–Trinajstić information content (AvgIpc) is 3.24. The van der Waals surface area contributed by atoms with Gasteiger partial charge in [0.1, 0.15) is 0 Å². The van der Waals surface area contributed by atoms with Crippen molar-refractivity contribution in [2.75, 3.05) is 26.2 Å². The Balaban J connectivity index is 1.35. The van der Waals surface area contributed by atoms with Crippen molar-refractivity contribution in [3.05, 3.63) is 65.4 Å². The summed E-state index contributed by atoms with van der Waals surface area (Å²) in [6, 6.07) is 15.6. The standard InChI is InChI=1S/C25H28N4O2/c1-2-3-8-24(30)28-15-17-29(18-16-28)25(31)20-12-9-19(10-13-20)11-14-23-21-6-4-5-7-22(21)26-27-23/h4-7,9-14H,2-3,8,15-18H2,1H3,(H,26,27). The summed E-state index contributed by atoms with van der Waals surface area (Å²) in [5.41, 5.74) is 3.58.